The first-order chi connectivity index (χ1) is 13.2. The summed E-state index contributed by atoms with van der Waals surface area (Å²) >= 11 is 1.44. The topological polar surface area (TPSA) is 62.7 Å². The number of hydrogen-bond donors (Lipinski definition) is 0. The fourth-order valence-corrected chi connectivity index (χ4v) is 4.02. The maximum Gasteiger partial charge on any atom is 0.263 e. The Morgan fingerprint density at radius 1 is 1.33 bits per heavy atom. The van der Waals surface area contributed by atoms with Gasteiger partial charge in [-0.05, 0) is 36.4 Å². The van der Waals surface area contributed by atoms with Crippen LogP contribution in [0.1, 0.15) is 28.2 Å². The summed E-state index contributed by atoms with van der Waals surface area (Å²) in [6, 6.07) is 9.41. The number of nitrogens with zero attached hydrogens (tertiary/aromatic N) is 3. The number of pyridine rings is 1. The predicted octanol–water partition coefficient (Wildman–Crippen LogP) is 2.67. The molecule has 1 aliphatic heterocycles. The lowest BCUT2D eigenvalue weighted by atomic mass is 9.96. The van der Waals surface area contributed by atoms with Gasteiger partial charge in [-0.15, -0.1) is 11.3 Å². The van der Waals surface area contributed by atoms with Gasteiger partial charge in [0.1, 0.15) is 0 Å². The van der Waals surface area contributed by atoms with Crippen LogP contribution in [0.5, 0.6) is 0 Å². The normalized spacial score (nSPS) is 16.9. The molecule has 1 fully saturated rings. The molecule has 2 amide bonds. The van der Waals surface area contributed by atoms with Gasteiger partial charge in [-0.3, -0.25) is 14.6 Å². The Morgan fingerprint density at radius 3 is 2.93 bits per heavy atom. The Hall–Kier alpha value is -2.25. The molecular formula is C20H25N3O3S. The third-order valence-electron chi connectivity index (χ3n) is 4.75. The highest BCUT2D eigenvalue weighted by Crippen LogP contribution is 2.22. The summed E-state index contributed by atoms with van der Waals surface area (Å²) in [5, 5.41) is 1.90. The molecule has 0 aliphatic carbocycles. The van der Waals surface area contributed by atoms with E-state index in [0.29, 0.717) is 32.8 Å². The molecule has 2 aromatic rings. The molecule has 1 aliphatic rings. The molecule has 144 valence electrons. The molecule has 7 heteroatoms. The van der Waals surface area contributed by atoms with Crippen LogP contribution < -0.4 is 0 Å². The Bertz CT molecular complexity index is 736. The smallest absolute Gasteiger partial charge is 0.263 e. The maximum absolute atomic E-state index is 13.2. The molecule has 0 saturated carbocycles. The molecule has 0 spiro atoms. The summed E-state index contributed by atoms with van der Waals surface area (Å²) < 4.78 is 5.18. The Morgan fingerprint density at radius 2 is 2.22 bits per heavy atom. The molecule has 0 radical (unpaired) electrons. The van der Waals surface area contributed by atoms with Gasteiger partial charge >= 0.3 is 0 Å². The zero-order valence-electron chi connectivity index (χ0n) is 15.5. The summed E-state index contributed by atoms with van der Waals surface area (Å²) in [7, 11) is 1.63. The molecule has 6 nitrogen and oxygen atoms in total. The molecular weight excluding hydrogens is 362 g/mol. The van der Waals surface area contributed by atoms with E-state index in [0.717, 1.165) is 23.4 Å². The molecule has 27 heavy (non-hydrogen) atoms. The number of thiophene rings is 1. The summed E-state index contributed by atoms with van der Waals surface area (Å²) in [6.07, 6.45) is 3.38. The van der Waals surface area contributed by atoms with Gasteiger partial charge in [0.05, 0.1) is 29.6 Å². The van der Waals surface area contributed by atoms with E-state index >= 15 is 0 Å². The van der Waals surface area contributed by atoms with E-state index in [1.165, 1.54) is 11.3 Å². The van der Waals surface area contributed by atoms with Crippen molar-refractivity contribution in [1.82, 2.24) is 14.8 Å². The first kappa shape index (κ1) is 19.5. The van der Waals surface area contributed by atoms with Crippen molar-refractivity contribution in [3.8, 4) is 0 Å². The lowest BCUT2D eigenvalue weighted by molar-refractivity contribution is -0.138. The third kappa shape index (κ3) is 5.14. The maximum atomic E-state index is 13.2. The molecule has 1 atom stereocenters. The molecule has 3 rings (SSSR count). The number of amides is 2. The van der Waals surface area contributed by atoms with Gasteiger partial charge in [0.25, 0.3) is 5.91 Å². The molecule has 2 aromatic heterocycles. The van der Waals surface area contributed by atoms with Crippen molar-refractivity contribution < 1.29 is 14.3 Å². The number of hydrogen-bond acceptors (Lipinski definition) is 5. The first-order valence-electron chi connectivity index (χ1n) is 9.19. The van der Waals surface area contributed by atoms with Gasteiger partial charge in [-0.2, -0.15) is 0 Å². The van der Waals surface area contributed by atoms with Crippen molar-refractivity contribution in [2.75, 3.05) is 33.4 Å². The van der Waals surface area contributed by atoms with Gasteiger partial charge in [-0.1, -0.05) is 12.1 Å². The van der Waals surface area contributed by atoms with Crippen molar-refractivity contribution in [2.45, 2.75) is 19.4 Å². The van der Waals surface area contributed by atoms with Crippen LogP contribution in [-0.4, -0.2) is 59.9 Å². The van der Waals surface area contributed by atoms with E-state index in [2.05, 4.69) is 4.98 Å². The molecule has 0 N–H and O–H groups in total. The van der Waals surface area contributed by atoms with Crippen LogP contribution >= 0.6 is 11.3 Å². The Balaban J connectivity index is 1.67. The van der Waals surface area contributed by atoms with Gasteiger partial charge in [0, 0.05) is 32.9 Å². The lowest BCUT2D eigenvalue weighted by Crippen LogP contribution is -2.47. The summed E-state index contributed by atoms with van der Waals surface area (Å²) in [5.74, 6) is -0.0831. The van der Waals surface area contributed by atoms with Crippen LogP contribution in [-0.2, 0) is 16.1 Å². The second-order valence-electron chi connectivity index (χ2n) is 6.64. The largest absolute Gasteiger partial charge is 0.383 e. The number of rotatable bonds is 7. The van der Waals surface area contributed by atoms with Crippen molar-refractivity contribution in [1.29, 1.82) is 0 Å². The second kappa shape index (κ2) is 9.62. The number of carbonyl (C=O) groups excluding carboxylic acids is 2. The SMILES string of the molecule is COCCN(Cc1ccccn1)C(=O)C1CCCN(C(=O)c2cccs2)C1. The molecule has 1 unspecified atom stereocenters. The Kier molecular flexibility index (Phi) is 6.95. The van der Waals surface area contributed by atoms with Gasteiger partial charge < -0.3 is 14.5 Å². The van der Waals surface area contributed by atoms with E-state index in [1.54, 1.807) is 18.2 Å². The van der Waals surface area contributed by atoms with E-state index in [-0.39, 0.29) is 17.7 Å². The summed E-state index contributed by atoms with van der Waals surface area (Å²) in [4.78, 5) is 34.5. The Labute approximate surface area is 163 Å². The second-order valence-corrected chi connectivity index (χ2v) is 7.59. The number of carbonyl (C=O) groups is 2. The van der Waals surface area contributed by atoms with Crippen molar-refractivity contribution in [3.63, 3.8) is 0 Å². The van der Waals surface area contributed by atoms with Gasteiger partial charge in [0.2, 0.25) is 5.91 Å². The average Bonchev–Trinajstić information content (AvgIpc) is 3.26. The highest BCUT2D eigenvalue weighted by molar-refractivity contribution is 7.12. The van der Waals surface area contributed by atoms with Crippen LogP contribution in [0.4, 0.5) is 0 Å². The monoisotopic (exact) mass is 387 g/mol. The van der Waals surface area contributed by atoms with E-state index in [4.69, 9.17) is 4.74 Å². The number of likely N-dealkylation sites (tertiary alicyclic amines) is 1. The third-order valence-corrected chi connectivity index (χ3v) is 5.60. The minimum Gasteiger partial charge on any atom is -0.383 e. The average molecular weight is 388 g/mol. The van der Waals surface area contributed by atoms with Crippen LogP contribution in [0.3, 0.4) is 0 Å². The first-order valence-corrected chi connectivity index (χ1v) is 10.1. The number of aromatic nitrogens is 1. The van der Waals surface area contributed by atoms with E-state index < -0.39 is 0 Å². The minimum atomic E-state index is -0.178. The molecule has 3 heterocycles. The van der Waals surface area contributed by atoms with E-state index in [9.17, 15) is 9.59 Å². The lowest BCUT2D eigenvalue weighted by Gasteiger charge is -2.34. The van der Waals surface area contributed by atoms with Crippen molar-refractivity contribution >= 4 is 23.2 Å². The fraction of sp³-hybridized carbons (Fsp3) is 0.450. The standard InChI is InChI=1S/C20H25N3O3S/c1-26-12-11-23(15-17-7-2-3-9-21-17)19(24)16-6-4-10-22(14-16)20(25)18-8-5-13-27-18/h2-3,5,7-9,13,16H,4,6,10-12,14-15H2,1H3. The zero-order chi connectivity index (χ0) is 19.1. The molecule has 0 aromatic carbocycles. The number of piperidine rings is 1. The van der Waals surface area contributed by atoms with Crippen LogP contribution in [0, 0.1) is 5.92 Å². The minimum absolute atomic E-state index is 0.0238. The highest BCUT2D eigenvalue weighted by atomic mass is 32.1. The predicted molar refractivity (Wildman–Crippen MR) is 104 cm³/mol. The van der Waals surface area contributed by atoms with Crippen molar-refractivity contribution in [3.05, 3.63) is 52.5 Å². The van der Waals surface area contributed by atoms with E-state index in [1.807, 2.05) is 40.6 Å². The van der Waals surface area contributed by atoms with Crippen molar-refractivity contribution in [2.24, 2.45) is 5.92 Å². The van der Waals surface area contributed by atoms with Crippen LogP contribution in [0.2, 0.25) is 0 Å². The number of ether oxygens (including phenoxy) is 1. The summed E-state index contributed by atoms with van der Waals surface area (Å²) in [5.41, 5.74) is 0.851. The quantitative estimate of drug-likeness (QED) is 0.733. The van der Waals surface area contributed by atoms with Crippen LogP contribution in [0.15, 0.2) is 41.9 Å². The van der Waals surface area contributed by atoms with Gasteiger partial charge in [0.15, 0.2) is 0 Å². The highest BCUT2D eigenvalue weighted by Gasteiger charge is 2.32. The molecule has 0 bridgehead atoms. The van der Waals surface area contributed by atoms with Gasteiger partial charge in [-0.25, -0.2) is 0 Å². The van der Waals surface area contributed by atoms with Crippen LogP contribution in [0.25, 0.3) is 0 Å². The summed E-state index contributed by atoms with van der Waals surface area (Å²) in [6.45, 7) is 2.63. The fourth-order valence-electron chi connectivity index (χ4n) is 3.33. The number of methoxy groups -OCH3 is 1. The molecule has 1 saturated heterocycles. The zero-order valence-corrected chi connectivity index (χ0v) is 16.4.